The van der Waals surface area contributed by atoms with Crippen LogP contribution in [0.25, 0.3) is 0 Å². The van der Waals surface area contributed by atoms with Crippen LogP contribution in [-0.2, 0) is 0 Å². The second kappa shape index (κ2) is 5.98. The first-order chi connectivity index (χ1) is 8.72. The zero-order valence-corrected chi connectivity index (χ0v) is 11.3. The molecule has 100 valence electrons. The van der Waals surface area contributed by atoms with Crippen molar-refractivity contribution < 1.29 is 9.47 Å². The molecule has 0 amide bonds. The summed E-state index contributed by atoms with van der Waals surface area (Å²) >= 11 is 0. The lowest BCUT2D eigenvalue weighted by Gasteiger charge is -2.29. The molecule has 1 aliphatic rings. The minimum absolute atomic E-state index is 0.305. The summed E-state index contributed by atoms with van der Waals surface area (Å²) in [6.07, 6.45) is 6.43. The average molecular weight is 249 g/mol. The number of hydrogen-bond acceptors (Lipinski definition) is 3. The van der Waals surface area contributed by atoms with Crippen LogP contribution in [0.2, 0.25) is 0 Å². The van der Waals surface area contributed by atoms with Crippen molar-refractivity contribution in [3.8, 4) is 11.5 Å². The number of rotatable bonds is 4. The summed E-state index contributed by atoms with van der Waals surface area (Å²) in [6.45, 7) is 2.26. The lowest BCUT2D eigenvalue weighted by molar-refractivity contribution is 0.118. The van der Waals surface area contributed by atoms with Gasteiger partial charge in [0, 0.05) is 11.8 Å². The van der Waals surface area contributed by atoms with Crippen molar-refractivity contribution in [2.75, 3.05) is 12.8 Å². The van der Waals surface area contributed by atoms with Crippen LogP contribution in [0.4, 0.5) is 5.69 Å². The van der Waals surface area contributed by atoms with E-state index in [-0.39, 0.29) is 0 Å². The van der Waals surface area contributed by atoms with Crippen LogP contribution in [0, 0.1) is 5.92 Å². The Bertz CT molecular complexity index is 392. The summed E-state index contributed by atoms with van der Waals surface area (Å²) in [4.78, 5) is 0. The second-order valence-corrected chi connectivity index (χ2v) is 5.09. The largest absolute Gasteiger partial charge is 0.493 e. The van der Waals surface area contributed by atoms with Crippen molar-refractivity contribution in [2.24, 2.45) is 5.92 Å². The summed E-state index contributed by atoms with van der Waals surface area (Å²) in [6, 6.07) is 5.56. The van der Waals surface area contributed by atoms with Gasteiger partial charge in [-0.25, -0.2) is 0 Å². The van der Waals surface area contributed by atoms with E-state index >= 15 is 0 Å². The fraction of sp³-hybridized carbons (Fsp3) is 0.600. The Hall–Kier alpha value is -1.38. The highest BCUT2D eigenvalue weighted by atomic mass is 16.5. The Labute approximate surface area is 109 Å². The average Bonchev–Trinajstić information content (AvgIpc) is 2.39. The monoisotopic (exact) mass is 249 g/mol. The normalized spacial score (nSPS) is 23.7. The lowest BCUT2D eigenvalue weighted by atomic mass is 9.85. The number of anilines is 1. The predicted octanol–water partition coefficient (Wildman–Crippen LogP) is 3.63. The maximum absolute atomic E-state index is 6.09. The van der Waals surface area contributed by atoms with Gasteiger partial charge >= 0.3 is 0 Å². The van der Waals surface area contributed by atoms with Crippen LogP contribution in [0.3, 0.4) is 0 Å². The van der Waals surface area contributed by atoms with Gasteiger partial charge in [-0.15, -0.1) is 0 Å². The Balaban J connectivity index is 2.06. The Kier molecular flexibility index (Phi) is 4.34. The highest BCUT2D eigenvalue weighted by Crippen LogP contribution is 2.34. The van der Waals surface area contributed by atoms with Gasteiger partial charge in [0.2, 0.25) is 0 Å². The molecule has 0 spiro atoms. The molecule has 2 rings (SSSR count). The third-order valence-corrected chi connectivity index (χ3v) is 3.79. The van der Waals surface area contributed by atoms with E-state index in [0.717, 1.165) is 30.3 Å². The minimum atomic E-state index is 0.305. The molecule has 1 aromatic carbocycles. The first-order valence-electron chi connectivity index (χ1n) is 6.83. The van der Waals surface area contributed by atoms with Crippen molar-refractivity contribution in [3.63, 3.8) is 0 Å². The van der Waals surface area contributed by atoms with Crippen LogP contribution in [0.15, 0.2) is 18.2 Å². The third kappa shape index (κ3) is 3.09. The van der Waals surface area contributed by atoms with Crippen molar-refractivity contribution in [1.82, 2.24) is 0 Å². The Morgan fingerprint density at radius 1 is 1.28 bits per heavy atom. The number of nitrogens with two attached hydrogens (primary N) is 1. The van der Waals surface area contributed by atoms with E-state index in [1.807, 2.05) is 18.2 Å². The molecule has 1 saturated carbocycles. The van der Waals surface area contributed by atoms with E-state index in [0.29, 0.717) is 11.8 Å². The van der Waals surface area contributed by atoms with E-state index in [9.17, 15) is 0 Å². The molecule has 1 aliphatic carbocycles. The summed E-state index contributed by atoms with van der Waals surface area (Å²) in [7, 11) is 1.66. The molecular weight excluding hydrogens is 226 g/mol. The third-order valence-electron chi connectivity index (χ3n) is 3.79. The van der Waals surface area contributed by atoms with Gasteiger partial charge in [-0.1, -0.05) is 19.8 Å². The molecule has 2 unspecified atom stereocenters. The van der Waals surface area contributed by atoms with Crippen molar-refractivity contribution in [1.29, 1.82) is 0 Å². The van der Waals surface area contributed by atoms with Crippen molar-refractivity contribution >= 4 is 5.69 Å². The van der Waals surface area contributed by atoms with Crippen LogP contribution < -0.4 is 15.2 Å². The van der Waals surface area contributed by atoms with Crippen LogP contribution >= 0.6 is 0 Å². The van der Waals surface area contributed by atoms with E-state index < -0.39 is 0 Å². The molecule has 0 aliphatic heterocycles. The molecule has 2 atom stereocenters. The lowest BCUT2D eigenvalue weighted by Crippen LogP contribution is -2.25. The van der Waals surface area contributed by atoms with Gasteiger partial charge in [0.25, 0.3) is 0 Å². The number of methoxy groups -OCH3 is 1. The molecule has 18 heavy (non-hydrogen) atoms. The molecule has 2 N–H and O–H groups in total. The fourth-order valence-corrected chi connectivity index (χ4v) is 2.68. The van der Waals surface area contributed by atoms with Crippen LogP contribution in [-0.4, -0.2) is 13.2 Å². The minimum Gasteiger partial charge on any atom is -0.493 e. The topological polar surface area (TPSA) is 44.5 Å². The molecule has 3 heteroatoms. The molecule has 1 fully saturated rings. The highest BCUT2D eigenvalue weighted by Gasteiger charge is 2.23. The van der Waals surface area contributed by atoms with E-state index in [4.69, 9.17) is 15.2 Å². The van der Waals surface area contributed by atoms with Crippen LogP contribution in [0.1, 0.15) is 39.0 Å². The van der Waals surface area contributed by atoms with Gasteiger partial charge in [0.1, 0.15) is 0 Å². The highest BCUT2D eigenvalue weighted by molar-refractivity contribution is 5.52. The summed E-state index contributed by atoms with van der Waals surface area (Å²) in [5.74, 6) is 2.35. The Morgan fingerprint density at radius 2 is 2.11 bits per heavy atom. The van der Waals surface area contributed by atoms with Gasteiger partial charge in [-0.2, -0.15) is 0 Å². The first kappa shape index (κ1) is 13.1. The Morgan fingerprint density at radius 3 is 2.83 bits per heavy atom. The van der Waals surface area contributed by atoms with Gasteiger partial charge in [-0.05, 0) is 37.3 Å². The molecule has 0 radical (unpaired) electrons. The zero-order chi connectivity index (χ0) is 13.0. The van der Waals surface area contributed by atoms with Gasteiger partial charge in [0.05, 0.1) is 13.2 Å². The molecular formula is C15H23NO2. The summed E-state index contributed by atoms with van der Waals surface area (Å²) < 4.78 is 11.4. The van der Waals surface area contributed by atoms with E-state index in [2.05, 4.69) is 6.92 Å². The van der Waals surface area contributed by atoms with Crippen molar-refractivity contribution in [3.05, 3.63) is 18.2 Å². The predicted molar refractivity (Wildman–Crippen MR) is 74.1 cm³/mol. The molecule has 0 aromatic heterocycles. The quantitative estimate of drug-likeness (QED) is 0.829. The number of hydrogen-bond donors (Lipinski definition) is 1. The number of nitrogen functional groups attached to an aromatic ring is 1. The zero-order valence-electron chi connectivity index (χ0n) is 11.3. The SMILES string of the molecule is CCC1CCCC(Oc2cc(N)ccc2OC)C1. The van der Waals surface area contributed by atoms with Crippen molar-refractivity contribution in [2.45, 2.75) is 45.1 Å². The summed E-state index contributed by atoms with van der Waals surface area (Å²) in [5.41, 5.74) is 6.52. The van der Waals surface area contributed by atoms with Gasteiger partial charge in [-0.3, -0.25) is 0 Å². The molecule has 0 saturated heterocycles. The summed E-state index contributed by atoms with van der Waals surface area (Å²) in [5, 5.41) is 0. The molecule has 1 aromatic rings. The standard InChI is InChI=1S/C15H23NO2/c1-3-11-5-4-6-13(9-11)18-15-10-12(16)7-8-14(15)17-2/h7-8,10-11,13H,3-6,9,16H2,1-2H3. The second-order valence-electron chi connectivity index (χ2n) is 5.09. The number of ether oxygens (including phenoxy) is 2. The smallest absolute Gasteiger partial charge is 0.163 e. The van der Waals surface area contributed by atoms with Gasteiger partial charge < -0.3 is 15.2 Å². The first-order valence-corrected chi connectivity index (χ1v) is 6.83. The molecule has 3 nitrogen and oxygen atoms in total. The van der Waals surface area contributed by atoms with E-state index in [1.165, 1.54) is 19.3 Å². The molecule has 0 bridgehead atoms. The van der Waals surface area contributed by atoms with Gasteiger partial charge in [0.15, 0.2) is 11.5 Å². The fourth-order valence-electron chi connectivity index (χ4n) is 2.68. The maximum atomic E-state index is 6.09. The van der Waals surface area contributed by atoms with E-state index in [1.54, 1.807) is 7.11 Å². The van der Waals surface area contributed by atoms with Crippen LogP contribution in [0.5, 0.6) is 11.5 Å². The molecule has 0 heterocycles. The number of benzene rings is 1. The maximum Gasteiger partial charge on any atom is 0.163 e.